The molecule has 0 aliphatic heterocycles. The first-order chi connectivity index (χ1) is 11.3. The fourth-order valence-corrected chi connectivity index (χ4v) is 2.32. The minimum atomic E-state index is -1.78. The number of nitro benzene ring substituents is 1. The van der Waals surface area contributed by atoms with Gasteiger partial charge in [-0.05, 0) is 40.8 Å². The van der Waals surface area contributed by atoms with Crippen molar-refractivity contribution >= 4 is 45.6 Å². The van der Waals surface area contributed by atoms with E-state index in [1.54, 1.807) is 0 Å². The fourth-order valence-electron chi connectivity index (χ4n) is 1.86. The van der Waals surface area contributed by atoms with Crippen molar-refractivity contribution in [3.05, 3.63) is 61.0 Å². The van der Waals surface area contributed by atoms with E-state index in [9.17, 15) is 28.1 Å². The maximum Gasteiger partial charge on any atom is 0.340 e. The zero-order valence-corrected chi connectivity index (χ0v) is 14.1. The molecule has 0 saturated carbocycles. The lowest BCUT2D eigenvalue weighted by Gasteiger charge is -2.13. The normalized spacial score (nSPS) is 10.4. The Morgan fingerprint density at radius 1 is 1.25 bits per heavy atom. The van der Waals surface area contributed by atoms with Crippen LogP contribution in [0.2, 0.25) is 0 Å². The molecule has 126 valence electrons. The molecule has 2 rings (SSSR count). The number of anilines is 2. The molecule has 10 heteroatoms. The number of carbonyl (C=O) groups excluding carboxylic acids is 1. The molecule has 0 radical (unpaired) electrons. The van der Waals surface area contributed by atoms with Crippen molar-refractivity contribution in [1.29, 1.82) is 0 Å². The Labute approximate surface area is 146 Å². The molecule has 0 bridgehead atoms. The maximum atomic E-state index is 14.2. The van der Waals surface area contributed by atoms with E-state index in [1.807, 2.05) is 22.6 Å². The molecule has 2 aromatic carbocycles. The minimum Gasteiger partial charge on any atom is -0.465 e. The number of ether oxygens (including phenoxy) is 1. The van der Waals surface area contributed by atoms with Gasteiger partial charge in [0.2, 0.25) is 5.82 Å². The molecular formula is C14H8F3IN2O4. The summed E-state index contributed by atoms with van der Waals surface area (Å²) in [5, 5.41) is 13.0. The van der Waals surface area contributed by atoms with Crippen LogP contribution in [0.3, 0.4) is 0 Å². The molecule has 0 aromatic heterocycles. The number of nitrogens with one attached hydrogen (secondary N) is 1. The lowest BCUT2D eigenvalue weighted by Crippen LogP contribution is -2.11. The second-order valence-electron chi connectivity index (χ2n) is 4.44. The van der Waals surface area contributed by atoms with Gasteiger partial charge in [0.05, 0.1) is 29.0 Å². The van der Waals surface area contributed by atoms with Gasteiger partial charge in [0, 0.05) is 9.64 Å². The van der Waals surface area contributed by atoms with Crippen molar-refractivity contribution in [3.8, 4) is 0 Å². The van der Waals surface area contributed by atoms with E-state index in [0.717, 1.165) is 13.2 Å². The fraction of sp³-hybridized carbons (Fsp3) is 0.0714. The number of methoxy groups -OCH3 is 1. The lowest BCUT2D eigenvalue weighted by molar-refractivity contribution is -0.387. The summed E-state index contributed by atoms with van der Waals surface area (Å²) in [7, 11) is 0.963. The van der Waals surface area contributed by atoms with Crippen LogP contribution in [-0.2, 0) is 4.74 Å². The van der Waals surface area contributed by atoms with Crippen molar-refractivity contribution in [3.63, 3.8) is 0 Å². The second-order valence-corrected chi connectivity index (χ2v) is 5.69. The Kier molecular flexibility index (Phi) is 5.26. The average molecular weight is 452 g/mol. The molecule has 0 fully saturated rings. The number of carbonyl (C=O) groups is 1. The number of hydrogen-bond acceptors (Lipinski definition) is 5. The van der Waals surface area contributed by atoms with Gasteiger partial charge in [-0.15, -0.1) is 0 Å². The summed E-state index contributed by atoms with van der Waals surface area (Å²) >= 11 is 1.85. The summed E-state index contributed by atoms with van der Waals surface area (Å²) in [6.07, 6.45) is 0. The van der Waals surface area contributed by atoms with Crippen LogP contribution < -0.4 is 5.32 Å². The monoisotopic (exact) mass is 452 g/mol. The number of rotatable bonds is 4. The molecular weight excluding hydrogens is 444 g/mol. The van der Waals surface area contributed by atoms with E-state index in [4.69, 9.17) is 0 Å². The van der Waals surface area contributed by atoms with Gasteiger partial charge >= 0.3 is 11.7 Å². The highest BCUT2D eigenvalue weighted by Gasteiger charge is 2.29. The Morgan fingerprint density at radius 3 is 2.46 bits per heavy atom. The number of benzene rings is 2. The van der Waals surface area contributed by atoms with Crippen LogP contribution in [0, 0.1) is 31.1 Å². The minimum absolute atomic E-state index is 0.243. The number of nitrogens with zero attached hydrogens (tertiary/aromatic N) is 1. The van der Waals surface area contributed by atoms with E-state index in [2.05, 4.69) is 10.1 Å². The second kappa shape index (κ2) is 7.03. The van der Waals surface area contributed by atoms with E-state index in [0.29, 0.717) is 9.64 Å². The molecule has 0 saturated heterocycles. The van der Waals surface area contributed by atoms with Gasteiger partial charge in [-0.3, -0.25) is 10.1 Å². The number of esters is 1. The number of nitro groups is 1. The van der Waals surface area contributed by atoms with Crippen LogP contribution in [0.5, 0.6) is 0 Å². The Balaban J connectivity index is 2.65. The predicted molar refractivity (Wildman–Crippen MR) is 86.8 cm³/mol. The van der Waals surface area contributed by atoms with Crippen molar-refractivity contribution in [2.75, 3.05) is 12.4 Å². The first-order valence-corrected chi connectivity index (χ1v) is 7.31. The Bertz CT molecular complexity index is 845. The highest BCUT2D eigenvalue weighted by atomic mass is 127. The van der Waals surface area contributed by atoms with Gasteiger partial charge in [0.25, 0.3) is 0 Å². The summed E-state index contributed by atoms with van der Waals surface area (Å²) < 4.78 is 46.9. The third-order valence-electron chi connectivity index (χ3n) is 2.98. The van der Waals surface area contributed by atoms with Crippen LogP contribution >= 0.6 is 22.6 Å². The highest BCUT2D eigenvalue weighted by Crippen LogP contribution is 2.33. The third-order valence-corrected chi connectivity index (χ3v) is 3.65. The van der Waals surface area contributed by atoms with E-state index in [-0.39, 0.29) is 5.69 Å². The number of halogens is 4. The van der Waals surface area contributed by atoms with Gasteiger partial charge in [0.1, 0.15) is 5.82 Å². The third kappa shape index (κ3) is 3.42. The molecule has 1 N–H and O–H groups in total. The van der Waals surface area contributed by atoms with Crippen molar-refractivity contribution in [1.82, 2.24) is 0 Å². The quantitative estimate of drug-likeness (QED) is 0.327. The molecule has 24 heavy (non-hydrogen) atoms. The topological polar surface area (TPSA) is 81.5 Å². The van der Waals surface area contributed by atoms with Crippen LogP contribution in [0.25, 0.3) is 0 Å². The van der Waals surface area contributed by atoms with Gasteiger partial charge in [-0.1, -0.05) is 0 Å². The van der Waals surface area contributed by atoms with Gasteiger partial charge < -0.3 is 10.1 Å². The van der Waals surface area contributed by atoms with E-state index < -0.39 is 45.3 Å². The molecule has 0 atom stereocenters. The van der Waals surface area contributed by atoms with Crippen molar-refractivity contribution in [2.24, 2.45) is 0 Å². The molecule has 0 unspecified atom stereocenters. The maximum absolute atomic E-state index is 14.2. The highest BCUT2D eigenvalue weighted by molar-refractivity contribution is 14.1. The van der Waals surface area contributed by atoms with Gasteiger partial charge in [-0.25, -0.2) is 13.6 Å². The van der Waals surface area contributed by atoms with Crippen LogP contribution in [-0.4, -0.2) is 18.0 Å². The largest absolute Gasteiger partial charge is 0.465 e. The zero-order chi connectivity index (χ0) is 18.0. The van der Waals surface area contributed by atoms with Gasteiger partial charge in [0.15, 0.2) is 5.82 Å². The molecule has 6 nitrogen and oxygen atoms in total. The smallest absolute Gasteiger partial charge is 0.340 e. The number of hydrogen-bond donors (Lipinski definition) is 1. The van der Waals surface area contributed by atoms with Crippen molar-refractivity contribution in [2.45, 2.75) is 0 Å². The summed E-state index contributed by atoms with van der Waals surface area (Å²) in [5.74, 6) is -5.40. The Morgan fingerprint density at radius 2 is 1.92 bits per heavy atom. The standard InChI is InChI=1S/C14H8F3IN2O4/c1-24-14(21)7-5-10(20(22)23)11(16)12(17)13(7)19-9-3-2-6(18)4-8(9)15/h2-5,19H,1H3. The molecule has 0 amide bonds. The Hall–Kier alpha value is -2.37. The van der Waals surface area contributed by atoms with Gasteiger partial charge in [-0.2, -0.15) is 4.39 Å². The molecule has 0 spiro atoms. The summed E-state index contributed by atoms with van der Waals surface area (Å²) in [4.78, 5) is 21.3. The molecule has 0 aliphatic carbocycles. The molecule has 2 aromatic rings. The summed E-state index contributed by atoms with van der Waals surface area (Å²) in [5.41, 5.74) is -2.87. The first-order valence-electron chi connectivity index (χ1n) is 6.23. The average Bonchev–Trinajstić information content (AvgIpc) is 2.53. The predicted octanol–water partition coefficient (Wildman–Crippen LogP) is 4.15. The zero-order valence-electron chi connectivity index (χ0n) is 11.9. The van der Waals surface area contributed by atoms with Crippen molar-refractivity contribution < 1.29 is 27.6 Å². The summed E-state index contributed by atoms with van der Waals surface area (Å²) in [6, 6.07) is 4.39. The van der Waals surface area contributed by atoms with E-state index >= 15 is 0 Å². The summed E-state index contributed by atoms with van der Waals surface area (Å²) in [6.45, 7) is 0. The van der Waals surface area contributed by atoms with E-state index in [1.165, 1.54) is 12.1 Å². The lowest BCUT2D eigenvalue weighted by atomic mass is 10.1. The van der Waals surface area contributed by atoms with Crippen LogP contribution in [0.4, 0.5) is 30.2 Å². The van der Waals surface area contributed by atoms with Crippen LogP contribution in [0.15, 0.2) is 24.3 Å². The SMILES string of the molecule is COC(=O)c1cc([N+](=O)[O-])c(F)c(F)c1Nc1ccc(I)cc1F. The van der Waals surface area contributed by atoms with Crippen LogP contribution in [0.1, 0.15) is 10.4 Å². The first kappa shape index (κ1) is 18.0. The molecule has 0 aliphatic rings. The molecule has 0 heterocycles.